The van der Waals surface area contributed by atoms with Crippen molar-refractivity contribution < 1.29 is 9.47 Å². The van der Waals surface area contributed by atoms with Crippen LogP contribution < -0.4 is 15.2 Å². The molecule has 0 saturated carbocycles. The molecule has 0 radical (unpaired) electrons. The molecule has 1 aliphatic heterocycles. The molecule has 4 rings (SSSR count). The lowest BCUT2D eigenvalue weighted by molar-refractivity contribution is -0.0157. The first-order valence-corrected chi connectivity index (χ1v) is 12.4. The van der Waals surface area contributed by atoms with Crippen molar-refractivity contribution in [2.75, 3.05) is 40.2 Å². The number of aromatic nitrogens is 3. The van der Waals surface area contributed by atoms with E-state index in [4.69, 9.17) is 15.2 Å². The second-order valence-corrected chi connectivity index (χ2v) is 11.0. The fourth-order valence-corrected chi connectivity index (χ4v) is 5.13. The van der Waals surface area contributed by atoms with E-state index in [0.29, 0.717) is 11.8 Å². The molecule has 3 heterocycles. The number of nitrogens with zero attached hydrogens (tertiary/aromatic N) is 4. The van der Waals surface area contributed by atoms with Gasteiger partial charge in [0.05, 0.1) is 23.0 Å². The van der Waals surface area contributed by atoms with E-state index in [1.54, 1.807) is 7.11 Å². The number of hydrogen-bond acceptors (Lipinski definition) is 8. The minimum Gasteiger partial charge on any atom is -0.480 e. The minimum atomic E-state index is -0.0405. The fourth-order valence-electron chi connectivity index (χ4n) is 4.30. The number of nitrogen functional groups attached to an aromatic ring is 1. The van der Waals surface area contributed by atoms with Crippen molar-refractivity contribution in [2.45, 2.75) is 56.1 Å². The molecule has 3 aromatic rings. The molecule has 3 N–H and O–H groups in total. The Bertz CT molecular complexity index is 1150. The molecule has 2 aromatic heterocycles. The summed E-state index contributed by atoms with van der Waals surface area (Å²) < 4.78 is 16.7. The second kappa shape index (κ2) is 9.73. The quantitative estimate of drug-likeness (QED) is 0.483. The molecule has 0 atom stereocenters. The summed E-state index contributed by atoms with van der Waals surface area (Å²) in [7, 11) is 5.92. The van der Waals surface area contributed by atoms with Gasteiger partial charge in [0.15, 0.2) is 0 Å². The third-order valence-corrected chi connectivity index (χ3v) is 7.64. The summed E-state index contributed by atoms with van der Waals surface area (Å²) in [6.45, 7) is 8.67. The van der Waals surface area contributed by atoms with Crippen molar-refractivity contribution in [2.24, 2.45) is 0 Å². The molecular formula is C25H36N6O2S. The van der Waals surface area contributed by atoms with Crippen LogP contribution in [0, 0.1) is 0 Å². The van der Waals surface area contributed by atoms with Crippen LogP contribution in [-0.2, 0) is 11.3 Å². The molecule has 1 aliphatic rings. The van der Waals surface area contributed by atoms with Gasteiger partial charge in [-0.3, -0.25) is 4.72 Å². The van der Waals surface area contributed by atoms with E-state index in [0.717, 1.165) is 59.7 Å². The van der Waals surface area contributed by atoms with Gasteiger partial charge in [-0.25, -0.2) is 9.97 Å². The number of ether oxygens (including phenoxy) is 2. The number of likely N-dealkylation sites (N-methyl/N-ethyl adjacent to an activating group) is 1. The number of rotatable bonds is 7. The minimum absolute atomic E-state index is 0.0138. The van der Waals surface area contributed by atoms with Crippen LogP contribution in [0.25, 0.3) is 22.2 Å². The SMILES string of the molecule is COc1ncc(-c2ccc3nc(N)n(CC4(N(C)C)CCOCC4)c3c2)cc1SNC(C)(C)C. The average molecular weight is 485 g/mol. The summed E-state index contributed by atoms with van der Waals surface area (Å²) in [6.07, 6.45) is 3.77. The number of imidazole rings is 1. The maximum atomic E-state index is 6.42. The number of anilines is 1. The van der Waals surface area contributed by atoms with E-state index in [1.165, 1.54) is 11.9 Å². The van der Waals surface area contributed by atoms with Crippen LogP contribution in [-0.4, -0.2) is 64.9 Å². The Morgan fingerprint density at radius 1 is 1.21 bits per heavy atom. The van der Waals surface area contributed by atoms with Crippen LogP contribution in [0.2, 0.25) is 0 Å². The van der Waals surface area contributed by atoms with Crippen molar-refractivity contribution >= 4 is 28.9 Å². The first-order chi connectivity index (χ1) is 16.1. The lowest BCUT2D eigenvalue weighted by Gasteiger charge is -2.43. The number of benzene rings is 1. The lowest BCUT2D eigenvalue weighted by atomic mass is 9.88. The van der Waals surface area contributed by atoms with Crippen molar-refractivity contribution in [3.63, 3.8) is 0 Å². The molecule has 1 saturated heterocycles. The summed E-state index contributed by atoms with van der Waals surface area (Å²) in [5.74, 6) is 1.15. The van der Waals surface area contributed by atoms with Gasteiger partial charge in [-0.1, -0.05) is 6.07 Å². The summed E-state index contributed by atoms with van der Waals surface area (Å²) in [5.41, 5.74) is 10.4. The third kappa shape index (κ3) is 5.17. The Hall–Kier alpha value is -2.33. The average Bonchev–Trinajstić information content (AvgIpc) is 3.11. The predicted molar refractivity (Wildman–Crippen MR) is 139 cm³/mol. The number of fused-ring (bicyclic) bond motifs is 1. The second-order valence-electron chi connectivity index (χ2n) is 10.2. The van der Waals surface area contributed by atoms with Gasteiger partial charge in [0, 0.05) is 42.6 Å². The van der Waals surface area contributed by atoms with E-state index in [2.05, 4.69) is 77.2 Å². The van der Waals surface area contributed by atoms with Gasteiger partial charge in [-0.15, -0.1) is 0 Å². The Labute approximate surface area is 206 Å². The topological polar surface area (TPSA) is 90.5 Å². The van der Waals surface area contributed by atoms with Crippen molar-refractivity contribution in [1.82, 2.24) is 24.2 Å². The van der Waals surface area contributed by atoms with Gasteiger partial charge in [-0.2, -0.15) is 0 Å². The fraction of sp³-hybridized carbons (Fsp3) is 0.520. The Morgan fingerprint density at radius 2 is 1.94 bits per heavy atom. The predicted octanol–water partition coefficient (Wildman–Crippen LogP) is 4.20. The standard InChI is InChI=1S/C25H36N6O2S/c1-24(2,3)29-34-21-14-18(15-27-22(21)32-6)17-7-8-19-20(13-17)31(23(26)28-19)16-25(30(4)5)9-11-33-12-10-25/h7-8,13-15,29H,9-12,16H2,1-6H3,(H2,26,28). The largest absolute Gasteiger partial charge is 0.480 e. The number of hydrogen-bond donors (Lipinski definition) is 2. The highest BCUT2D eigenvalue weighted by atomic mass is 32.2. The van der Waals surface area contributed by atoms with Gasteiger partial charge in [0.1, 0.15) is 0 Å². The molecule has 9 heteroatoms. The highest BCUT2D eigenvalue weighted by molar-refractivity contribution is 7.97. The smallest absolute Gasteiger partial charge is 0.228 e. The van der Waals surface area contributed by atoms with Crippen molar-refractivity contribution in [1.29, 1.82) is 0 Å². The number of nitrogens with one attached hydrogen (secondary N) is 1. The van der Waals surface area contributed by atoms with Crippen molar-refractivity contribution in [3.05, 3.63) is 30.5 Å². The van der Waals surface area contributed by atoms with E-state index >= 15 is 0 Å². The first kappa shape index (κ1) is 24.8. The first-order valence-electron chi connectivity index (χ1n) is 11.6. The summed E-state index contributed by atoms with van der Waals surface area (Å²) >= 11 is 1.53. The van der Waals surface area contributed by atoms with Gasteiger partial charge < -0.3 is 24.7 Å². The van der Waals surface area contributed by atoms with E-state index in [-0.39, 0.29) is 11.1 Å². The van der Waals surface area contributed by atoms with Gasteiger partial charge in [0.2, 0.25) is 11.8 Å². The van der Waals surface area contributed by atoms with E-state index in [1.807, 2.05) is 12.3 Å². The van der Waals surface area contributed by atoms with Crippen LogP contribution >= 0.6 is 11.9 Å². The summed E-state index contributed by atoms with van der Waals surface area (Å²) in [6, 6.07) is 8.38. The number of methoxy groups -OCH3 is 1. The van der Waals surface area contributed by atoms with Crippen LogP contribution in [0.5, 0.6) is 5.88 Å². The van der Waals surface area contributed by atoms with Gasteiger partial charge in [-0.05, 0) is 83.4 Å². The number of nitrogens with two attached hydrogens (primary N) is 1. The van der Waals surface area contributed by atoms with Crippen LogP contribution in [0.3, 0.4) is 0 Å². The molecule has 1 aromatic carbocycles. The molecule has 0 spiro atoms. The highest BCUT2D eigenvalue weighted by Gasteiger charge is 2.36. The van der Waals surface area contributed by atoms with Gasteiger partial charge in [0.25, 0.3) is 0 Å². The maximum absolute atomic E-state index is 6.42. The molecule has 1 fully saturated rings. The molecule has 8 nitrogen and oxygen atoms in total. The molecular weight excluding hydrogens is 448 g/mol. The van der Waals surface area contributed by atoms with E-state index < -0.39 is 0 Å². The molecule has 0 unspecified atom stereocenters. The van der Waals surface area contributed by atoms with Crippen LogP contribution in [0.15, 0.2) is 35.4 Å². The molecule has 0 bridgehead atoms. The normalized spacial score (nSPS) is 16.3. The molecule has 0 aliphatic carbocycles. The third-order valence-electron chi connectivity index (χ3n) is 6.41. The maximum Gasteiger partial charge on any atom is 0.228 e. The van der Waals surface area contributed by atoms with Crippen LogP contribution in [0.4, 0.5) is 5.95 Å². The Balaban J connectivity index is 1.71. The summed E-state index contributed by atoms with van der Waals surface area (Å²) in [5, 5.41) is 0. The number of pyridine rings is 1. The Kier molecular flexibility index (Phi) is 7.09. The Morgan fingerprint density at radius 3 is 2.59 bits per heavy atom. The highest BCUT2D eigenvalue weighted by Crippen LogP contribution is 2.34. The van der Waals surface area contributed by atoms with Crippen molar-refractivity contribution in [3.8, 4) is 17.0 Å². The van der Waals surface area contributed by atoms with E-state index in [9.17, 15) is 0 Å². The summed E-state index contributed by atoms with van der Waals surface area (Å²) in [4.78, 5) is 12.5. The lowest BCUT2D eigenvalue weighted by Crippen LogP contribution is -2.51. The zero-order valence-corrected chi connectivity index (χ0v) is 21.8. The van der Waals surface area contributed by atoms with Gasteiger partial charge >= 0.3 is 0 Å². The molecule has 0 amide bonds. The molecule has 34 heavy (non-hydrogen) atoms. The molecule has 184 valence electrons. The monoisotopic (exact) mass is 484 g/mol. The van der Waals surface area contributed by atoms with Crippen LogP contribution in [0.1, 0.15) is 33.6 Å². The zero-order chi connectivity index (χ0) is 24.5. The zero-order valence-electron chi connectivity index (χ0n) is 21.0.